The fraction of sp³-hybridized carbons (Fsp3) is 0.667. The van der Waals surface area contributed by atoms with Crippen LogP contribution in [0.3, 0.4) is 0 Å². The second-order valence-electron chi connectivity index (χ2n) is 17.8. The topological polar surface area (TPSA) is 149 Å². The van der Waals surface area contributed by atoms with Crippen LogP contribution in [-0.2, 0) is 33.3 Å². The molecule has 0 radical (unpaired) electrons. The third kappa shape index (κ3) is 9.26. The van der Waals surface area contributed by atoms with Crippen molar-refractivity contribution < 1.29 is 43.2 Å². The molecule has 4 aliphatic heterocycles. The monoisotopic (exact) mass is 838 g/mol. The van der Waals surface area contributed by atoms with Crippen LogP contribution in [0.5, 0.6) is 0 Å². The Bertz CT molecular complexity index is 1930. The van der Waals surface area contributed by atoms with Crippen molar-refractivity contribution in [3.63, 3.8) is 0 Å². The van der Waals surface area contributed by atoms with E-state index in [9.17, 15) is 19.5 Å². The number of nitrogens with zero attached hydrogens (tertiary/aromatic N) is 4. The second kappa shape index (κ2) is 18.3. The SMILES string of the molecule is CCC[C@H]1OC(=O)[C@H](C)C(=O)[C@H](C)[C@@H](O[C@H]2O[C@@H](C)C[C@@H](N(C)C)C2O)[C@@](C)(OC/C=C/c2cnc3ccc(Cl)cc3c2)C[C@@H](C)C2=NCCN3C(=O)O[C@@]1(C)[C@H]3[C@H]2C. The minimum atomic E-state index is -1.22. The number of hydrogen-bond acceptors (Lipinski definition) is 12. The number of carbonyl (C=O) groups excluding carboxylic acids is 3. The van der Waals surface area contributed by atoms with E-state index in [2.05, 4.69) is 18.8 Å². The van der Waals surface area contributed by atoms with Gasteiger partial charge in [0, 0.05) is 46.7 Å². The molecule has 1 unspecified atom stereocenters. The highest BCUT2D eigenvalue weighted by Crippen LogP contribution is 2.44. The van der Waals surface area contributed by atoms with E-state index in [-0.39, 0.29) is 30.6 Å². The molecule has 2 bridgehead atoms. The van der Waals surface area contributed by atoms with Crippen LogP contribution in [-0.4, -0.2) is 131 Å². The molecule has 0 aliphatic carbocycles. The van der Waals surface area contributed by atoms with Gasteiger partial charge in [-0.2, -0.15) is 0 Å². The number of likely N-dealkylation sites (N-methyl/N-ethyl adjacent to an activating group) is 1. The number of ketones is 1. The van der Waals surface area contributed by atoms with Crippen molar-refractivity contribution in [3.05, 3.63) is 47.1 Å². The summed E-state index contributed by atoms with van der Waals surface area (Å²) in [6.07, 6.45) is 2.92. The van der Waals surface area contributed by atoms with E-state index in [4.69, 9.17) is 40.3 Å². The summed E-state index contributed by atoms with van der Waals surface area (Å²) < 4.78 is 32.6. The van der Waals surface area contributed by atoms with Crippen LogP contribution >= 0.6 is 11.6 Å². The number of aromatic nitrogens is 1. The number of pyridine rings is 1. The highest BCUT2D eigenvalue weighted by Gasteiger charge is 2.60. The molecular weight excluding hydrogens is 776 g/mol. The summed E-state index contributed by atoms with van der Waals surface area (Å²) in [4.78, 5) is 55.7. The summed E-state index contributed by atoms with van der Waals surface area (Å²) in [6.45, 7) is 15.9. The average Bonchev–Trinajstić information content (AvgIpc) is 3.31. The van der Waals surface area contributed by atoms with E-state index < -0.39 is 71.5 Å². The summed E-state index contributed by atoms with van der Waals surface area (Å²) >= 11 is 6.27. The number of cyclic esters (lactones) is 1. The Balaban J connectivity index is 1.42. The van der Waals surface area contributed by atoms with Crippen molar-refractivity contribution >= 4 is 52.1 Å². The van der Waals surface area contributed by atoms with Gasteiger partial charge in [-0.25, -0.2) is 4.79 Å². The lowest BCUT2D eigenvalue weighted by atomic mass is 9.73. The third-order valence-electron chi connectivity index (χ3n) is 13.0. The van der Waals surface area contributed by atoms with E-state index >= 15 is 0 Å². The number of aliphatic hydroxyl groups is 1. The number of carbonyl (C=O) groups is 3. The van der Waals surface area contributed by atoms with Gasteiger partial charge in [-0.1, -0.05) is 57.9 Å². The third-order valence-corrected chi connectivity index (χ3v) is 13.3. The number of rotatable bonds is 9. The number of benzene rings is 1. The van der Waals surface area contributed by atoms with Crippen LogP contribution in [0.1, 0.15) is 86.6 Å². The van der Waals surface area contributed by atoms with E-state index in [1.165, 1.54) is 0 Å². The zero-order valence-corrected chi connectivity index (χ0v) is 37.0. The van der Waals surface area contributed by atoms with Crippen molar-refractivity contribution in [2.45, 2.75) is 135 Å². The number of aliphatic imine (C=N–C) groups is 1. The summed E-state index contributed by atoms with van der Waals surface area (Å²) in [6, 6.07) is 6.79. The number of Topliss-reactive ketones (excluding diaryl/α,β-unsaturated/α-hetero) is 1. The lowest BCUT2D eigenvalue weighted by Crippen LogP contribution is -2.60. The molecule has 5 heterocycles. The molecular formula is C45H63ClN4O9. The molecule has 2 aromatic rings. The van der Waals surface area contributed by atoms with Gasteiger partial charge in [0.05, 0.1) is 42.5 Å². The molecule has 0 saturated carbocycles. The molecule has 1 aromatic carbocycles. The van der Waals surface area contributed by atoms with Gasteiger partial charge in [-0.15, -0.1) is 0 Å². The van der Waals surface area contributed by atoms with E-state index in [0.29, 0.717) is 43.8 Å². The van der Waals surface area contributed by atoms with Crippen molar-refractivity contribution in [1.29, 1.82) is 0 Å². The first-order valence-electron chi connectivity index (χ1n) is 21.2. The van der Waals surface area contributed by atoms with Crippen molar-refractivity contribution in [2.75, 3.05) is 33.8 Å². The number of ether oxygens (including phenoxy) is 5. The average molecular weight is 839 g/mol. The van der Waals surface area contributed by atoms with Crippen LogP contribution in [0, 0.1) is 23.7 Å². The Morgan fingerprint density at radius 2 is 1.83 bits per heavy atom. The quantitative estimate of drug-likeness (QED) is 0.211. The largest absolute Gasteiger partial charge is 0.457 e. The summed E-state index contributed by atoms with van der Waals surface area (Å²) in [7, 11) is 3.81. The van der Waals surface area contributed by atoms with Crippen molar-refractivity contribution in [2.24, 2.45) is 28.7 Å². The Morgan fingerprint density at radius 3 is 2.54 bits per heavy atom. The molecule has 13 atom stereocenters. The Morgan fingerprint density at radius 1 is 1.08 bits per heavy atom. The van der Waals surface area contributed by atoms with Crippen molar-refractivity contribution in [3.8, 4) is 0 Å². The minimum absolute atomic E-state index is 0.123. The van der Waals surface area contributed by atoms with Gasteiger partial charge >= 0.3 is 12.1 Å². The maximum atomic E-state index is 14.7. The molecule has 1 N–H and O–H groups in total. The Hall–Kier alpha value is -3.46. The highest BCUT2D eigenvalue weighted by atomic mass is 35.5. The van der Waals surface area contributed by atoms with Gasteiger partial charge in [-0.3, -0.25) is 24.5 Å². The molecule has 6 rings (SSSR count). The van der Waals surface area contributed by atoms with Gasteiger partial charge in [0.1, 0.15) is 18.1 Å². The normalized spacial score (nSPS) is 37.3. The maximum absolute atomic E-state index is 14.7. The van der Waals surface area contributed by atoms with Gasteiger partial charge in [-0.05, 0) is 96.8 Å². The lowest BCUT2D eigenvalue weighted by molar-refractivity contribution is -0.296. The zero-order valence-electron chi connectivity index (χ0n) is 36.2. The first kappa shape index (κ1) is 45.1. The molecule has 14 heteroatoms. The summed E-state index contributed by atoms with van der Waals surface area (Å²) in [5, 5.41) is 13.2. The fourth-order valence-corrected chi connectivity index (χ4v) is 10.2. The number of esters is 1. The molecule has 1 amide bonds. The Labute approximate surface area is 353 Å². The number of aliphatic hydroxyl groups excluding tert-OH is 1. The van der Waals surface area contributed by atoms with Crippen molar-refractivity contribution in [1.82, 2.24) is 14.8 Å². The molecule has 0 spiro atoms. The van der Waals surface area contributed by atoms with Gasteiger partial charge in [0.15, 0.2) is 17.7 Å². The number of hydrogen-bond donors (Lipinski definition) is 1. The lowest BCUT2D eigenvalue weighted by Gasteiger charge is -2.47. The minimum Gasteiger partial charge on any atom is -0.457 e. The van der Waals surface area contributed by atoms with Crippen LogP contribution in [0.25, 0.3) is 17.0 Å². The molecule has 1 aromatic heterocycles. The fourth-order valence-electron chi connectivity index (χ4n) is 10.00. The van der Waals surface area contributed by atoms with Crippen LogP contribution in [0.15, 0.2) is 41.5 Å². The maximum Gasteiger partial charge on any atom is 0.410 e. The molecule has 324 valence electrons. The molecule has 13 nitrogen and oxygen atoms in total. The first-order chi connectivity index (χ1) is 27.9. The molecule has 4 aliphatic rings. The van der Waals surface area contributed by atoms with Crippen LogP contribution in [0.4, 0.5) is 4.79 Å². The number of amides is 1. The van der Waals surface area contributed by atoms with E-state index in [1.807, 2.05) is 77.0 Å². The van der Waals surface area contributed by atoms with Crippen LogP contribution in [0.2, 0.25) is 5.02 Å². The molecule has 3 fully saturated rings. The van der Waals surface area contributed by atoms with E-state index in [0.717, 1.165) is 22.2 Å². The summed E-state index contributed by atoms with van der Waals surface area (Å²) in [5.41, 5.74) is 0.130. The molecule has 3 saturated heterocycles. The van der Waals surface area contributed by atoms with Crippen LogP contribution < -0.4 is 0 Å². The standard InChI is InChI=1S/C45H63ClN4O9/c1-11-13-35-45(8)39-27(4)36(47-17-18-50(39)43(54)59-45)25(2)23-44(7,55-19-12-14-30-21-31-22-32(46)15-16-33(31)48-24-30)40(28(5)37(51)29(6)41(53)57-35)58-42-38(52)34(49(9)10)20-26(3)56-42/h12,14-16,21-22,24-29,34-35,38-40,42,52H,11,13,17-20,23H2,1-10H3/b14-12+/t25-,26+,27+,28+,29-,34-,35-,38?,39-,40-,42-,44+,45-/m1/s1. The molecule has 59 heavy (non-hydrogen) atoms. The number of halogens is 1. The second-order valence-corrected chi connectivity index (χ2v) is 18.2. The Kier molecular flexibility index (Phi) is 13.9. The first-order valence-corrected chi connectivity index (χ1v) is 21.6. The zero-order chi connectivity index (χ0) is 43.0. The van der Waals surface area contributed by atoms with E-state index in [1.54, 1.807) is 31.0 Å². The number of fused-ring (bicyclic) bond motifs is 2. The van der Waals surface area contributed by atoms with Gasteiger partial charge in [0.2, 0.25) is 0 Å². The smallest absolute Gasteiger partial charge is 0.410 e. The van der Waals surface area contributed by atoms with Gasteiger partial charge in [0.25, 0.3) is 0 Å². The highest BCUT2D eigenvalue weighted by molar-refractivity contribution is 6.31. The van der Waals surface area contributed by atoms with Gasteiger partial charge < -0.3 is 33.7 Å². The summed E-state index contributed by atoms with van der Waals surface area (Å²) in [5.74, 6) is -3.76. The predicted octanol–water partition coefficient (Wildman–Crippen LogP) is 6.75. The predicted molar refractivity (Wildman–Crippen MR) is 226 cm³/mol.